The Bertz CT molecular complexity index is 788. The van der Waals surface area contributed by atoms with Crippen LogP contribution in [-0.2, 0) is 19.4 Å². The Kier molecular flexibility index (Phi) is 4.48. The average molecular weight is 347 g/mol. The predicted octanol–water partition coefficient (Wildman–Crippen LogP) is 2.46. The summed E-state index contributed by atoms with van der Waals surface area (Å²) >= 11 is 1.75. The van der Waals surface area contributed by atoms with E-state index < -0.39 is 0 Å². The lowest BCUT2D eigenvalue weighted by Gasteiger charge is -2.27. The third-order valence-electron chi connectivity index (χ3n) is 5.96. The van der Waals surface area contributed by atoms with Gasteiger partial charge >= 0.3 is 0 Å². The number of hydrogen-bond acceptors (Lipinski definition) is 3. The van der Waals surface area contributed by atoms with Crippen LogP contribution in [0.5, 0.6) is 0 Å². The van der Waals surface area contributed by atoms with Gasteiger partial charge in [0.1, 0.15) is 11.4 Å². The quantitative estimate of drug-likeness (QED) is 0.897. The Hall–Kier alpha value is -1.20. The molecule has 2 N–H and O–H groups in total. The van der Waals surface area contributed by atoms with Gasteiger partial charge in [-0.2, -0.15) is 0 Å². The Balaban J connectivity index is 1.62. The van der Waals surface area contributed by atoms with Crippen molar-refractivity contribution < 1.29 is 4.90 Å². The molecule has 24 heavy (non-hydrogen) atoms. The third kappa shape index (κ3) is 3.04. The molecule has 130 valence electrons. The molecule has 1 saturated carbocycles. The van der Waals surface area contributed by atoms with E-state index in [1.54, 1.807) is 11.3 Å². The maximum absolute atomic E-state index is 12.7. The number of nitrogens with one attached hydrogen (secondary N) is 2. The van der Waals surface area contributed by atoms with E-state index in [1.165, 1.54) is 53.9 Å². The summed E-state index contributed by atoms with van der Waals surface area (Å²) in [5.41, 5.74) is 1.36. The number of aromatic amines is 1. The second-order valence-corrected chi connectivity index (χ2v) is 8.99. The molecular formula is C19H28N3OS+. The summed E-state index contributed by atoms with van der Waals surface area (Å²) in [4.78, 5) is 24.5. The summed E-state index contributed by atoms with van der Waals surface area (Å²) in [6.45, 7) is 3.13. The molecule has 2 aromatic heterocycles. The van der Waals surface area contributed by atoms with Crippen molar-refractivity contribution in [2.24, 2.45) is 5.92 Å². The molecule has 0 amide bonds. The first-order valence-corrected chi connectivity index (χ1v) is 10.3. The van der Waals surface area contributed by atoms with E-state index in [0.29, 0.717) is 0 Å². The fourth-order valence-corrected chi connectivity index (χ4v) is 5.88. The number of hydrogen-bond donors (Lipinski definition) is 2. The van der Waals surface area contributed by atoms with Gasteiger partial charge in [0.05, 0.1) is 18.5 Å². The Morgan fingerprint density at radius 1 is 1.25 bits per heavy atom. The molecule has 0 spiro atoms. The van der Waals surface area contributed by atoms with E-state index in [0.717, 1.165) is 47.4 Å². The number of thiophene rings is 1. The lowest BCUT2D eigenvalue weighted by atomic mass is 9.89. The van der Waals surface area contributed by atoms with Crippen molar-refractivity contribution in [3.8, 4) is 0 Å². The second-order valence-electron chi connectivity index (χ2n) is 7.90. The van der Waals surface area contributed by atoms with E-state index >= 15 is 0 Å². The predicted molar refractivity (Wildman–Crippen MR) is 98.9 cm³/mol. The lowest BCUT2D eigenvalue weighted by Crippen LogP contribution is -3.11. The van der Waals surface area contributed by atoms with E-state index in [1.807, 2.05) is 0 Å². The molecule has 0 bridgehead atoms. The van der Waals surface area contributed by atoms with E-state index in [2.05, 4.69) is 19.0 Å². The van der Waals surface area contributed by atoms with Crippen LogP contribution in [0.15, 0.2) is 4.79 Å². The molecule has 2 atom stereocenters. The van der Waals surface area contributed by atoms with Crippen molar-refractivity contribution in [3.05, 3.63) is 26.6 Å². The second kappa shape index (κ2) is 6.60. The van der Waals surface area contributed by atoms with Crippen molar-refractivity contribution >= 4 is 21.6 Å². The van der Waals surface area contributed by atoms with Crippen molar-refractivity contribution in [1.82, 2.24) is 9.97 Å². The number of fused-ring (bicyclic) bond motifs is 3. The van der Waals surface area contributed by atoms with Gasteiger partial charge in [-0.1, -0.05) is 13.3 Å². The number of H-pyrrole nitrogens is 1. The minimum atomic E-state index is 0.0819. The normalized spacial score (nSPS) is 23.3. The first kappa shape index (κ1) is 16.3. The number of rotatable bonds is 3. The molecule has 1 fully saturated rings. The van der Waals surface area contributed by atoms with Crippen molar-refractivity contribution in [2.45, 2.75) is 70.9 Å². The number of aromatic nitrogens is 2. The molecule has 2 aromatic rings. The van der Waals surface area contributed by atoms with Crippen LogP contribution in [0.4, 0.5) is 0 Å². The van der Waals surface area contributed by atoms with E-state index in [4.69, 9.17) is 4.98 Å². The van der Waals surface area contributed by atoms with Gasteiger partial charge in [0.15, 0.2) is 5.82 Å². The summed E-state index contributed by atoms with van der Waals surface area (Å²) in [6.07, 6.45) is 10.0. The molecule has 0 saturated heterocycles. The van der Waals surface area contributed by atoms with Crippen LogP contribution in [0.3, 0.4) is 0 Å². The van der Waals surface area contributed by atoms with Crippen LogP contribution in [0.2, 0.25) is 0 Å². The van der Waals surface area contributed by atoms with Gasteiger partial charge < -0.3 is 9.88 Å². The zero-order valence-electron chi connectivity index (χ0n) is 14.8. The summed E-state index contributed by atoms with van der Waals surface area (Å²) in [5, 5.41) is 0.876. The fraction of sp³-hybridized carbons (Fsp3) is 0.684. The first-order chi connectivity index (χ1) is 11.6. The van der Waals surface area contributed by atoms with Gasteiger partial charge in [0.25, 0.3) is 5.56 Å². The van der Waals surface area contributed by atoms with Crippen LogP contribution in [0.1, 0.15) is 61.7 Å². The van der Waals surface area contributed by atoms with Gasteiger partial charge in [-0.05, 0) is 56.4 Å². The lowest BCUT2D eigenvalue weighted by molar-refractivity contribution is -0.921. The van der Waals surface area contributed by atoms with Gasteiger partial charge in [-0.25, -0.2) is 4.98 Å². The minimum absolute atomic E-state index is 0.0819. The van der Waals surface area contributed by atoms with Crippen LogP contribution in [-0.4, -0.2) is 23.1 Å². The van der Waals surface area contributed by atoms with Gasteiger partial charge in [-0.3, -0.25) is 4.79 Å². The van der Waals surface area contributed by atoms with Crippen LogP contribution in [0.25, 0.3) is 10.2 Å². The van der Waals surface area contributed by atoms with Crippen LogP contribution >= 0.6 is 11.3 Å². The Labute approximate surface area is 147 Å². The monoisotopic (exact) mass is 346 g/mol. The average Bonchev–Trinajstić information content (AvgIpc) is 2.93. The molecule has 2 aliphatic rings. The molecule has 4 rings (SSSR count). The SMILES string of the molecule is C[C@H]1CCc2c(sc3nc(C[NH+](C)C4CCCCC4)[nH]c(=O)c23)C1. The molecule has 2 aliphatic carbocycles. The number of quaternary nitrogens is 1. The van der Waals surface area contributed by atoms with Gasteiger partial charge in [-0.15, -0.1) is 11.3 Å². The molecule has 4 nitrogen and oxygen atoms in total. The van der Waals surface area contributed by atoms with Crippen LogP contribution < -0.4 is 10.5 Å². The van der Waals surface area contributed by atoms with E-state index in [-0.39, 0.29) is 5.56 Å². The zero-order chi connectivity index (χ0) is 16.7. The highest BCUT2D eigenvalue weighted by Crippen LogP contribution is 2.35. The van der Waals surface area contributed by atoms with Crippen molar-refractivity contribution in [3.63, 3.8) is 0 Å². The molecule has 0 aromatic carbocycles. The summed E-state index contributed by atoms with van der Waals surface area (Å²) < 4.78 is 0. The summed E-state index contributed by atoms with van der Waals surface area (Å²) in [5.74, 6) is 1.59. The molecule has 0 aliphatic heterocycles. The minimum Gasteiger partial charge on any atom is -0.329 e. The van der Waals surface area contributed by atoms with Gasteiger partial charge in [0, 0.05) is 4.88 Å². The molecule has 2 heterocycles. The summed E-state index contributed by atoms with van der Waals surface area (Å²) in [6, 6.07) is 0.720. The van der Waals surface area contributed by atoms with Crippen molar-refractivity contribution in [1.29, 1.82) is 0 Å². The van der Waals surface area contributed by atoms with Gasteiger partial charge in [0.2, 0.25) is 0 Å². The first-order valence-electron chi connectivity index (χ1n) is 9.47. The number of aryl methyl sites for hydroxylation is 1. The molecular weight excluding hydrogens is 318 g/mol. The maximum atomic E-state index is 12.7. The standard InChI is InChI=1S/C19H27N3OS/c1-12-8-9-14-15(10-12)24-19-17(14)18(23)20-16(21-19)11-22(2)13-6-4-3-5-7-13/h12-13H,3-11H2,1-2H3,(H,20,21,23)/p+1/t12-/m0/s1. The van der Waals surface area contributed by atoms with Crippen molar-refractivity contribution in [2.75, 3.05) is 7.05 Å². The van der Waals surface area contributed by atoms with E-state index in [9.17, 15) is 4.79 Å². The molecule has 5 heteroatoms. The number of nitrogens with zero attached hydrogens (tertiary/aromatic N) is 1. The Morgan fingerprint density at radius 3 is 2.83 bits per heavy atom. The zero-order valence-corrected chi connectivity index (χ0v) is 15.6. The highest BCUT2D eigenvalue weighted by atomic mass is 32.1. The third-order valence-corrected chi connectivity index (χ3v) is 7.11. The Morgan fingerprint density at radius 2 is 2.04 bits per heavy atom. The summed E-state index contributed by atoms with van der Waals surface area (Å²) in [7, 11) is 2.25. The fourth-order valence-electron chi connectivity index (χ4n) is 4.48. The molecule has 0 radical (unpaired) electrons. The topological polar surface area (TPSA) is 50.2 Å². The smallest absolute Gasteiger partial charge is 0.260 e. The van der Waals surface area contributed by atoms with Crippen LogP contribution in [0, 0.1) is 5.92 Å². The maximum Gasteiger partial charge on any atom is 0.260 e. The molecule has 1 unspecified atom stereocenters. The largest absolute Gasteiger partial charge is 0.329 e. The highest BCUT2D eigenvalue weighted by Gasteiger charge is 2.25. The highest BCUT2D eigenvalue weighted by molar-refractivity contribution is 7.18.